The standard InChI is InChI=1S/C19H19F3N2O4S/c20-19(21,22)13-5-3-12(4-6-13)18-24-14(11-29-18)8-17(26)28-10-16(25)23-9-15-2-1-7-27-15/h3-6,11,15H,1-2,7-10H2,(H,23,25). The predicted molar refractivity (Wildman–Crippen MR) is 99.2 cm³/mol. The number of rotatable bonds is 7. The maximum Gasteiger partial charge on any atom is 0.416 e. The highest BCUT2D eigenvalue weighted by Gasteiger charge is 2.30. The van der Waals surface area contributed by atoms with E-state index in [4.69, 9.17) is 9.47 Å². The van der Waals surface area contributed by atoms with Gasteiger partial charge in [-0.25, -0.2) is 4.98 Å². The summed E-state index contributed by atoms with van der Waals surface area (Å²) in [4.78, 5) is 27.8. The fourth-order valence-corrected chi connectivity index (χ4v) is 3.58. The van der Waals surface area contributed by atoms with Crippen LogP contribution in [0.3, 0.4) is 0 Å². The Morgan fingerprint density at radius 2 is 2.03 bits per heavy atom. The number of benzene rings is 1. The SMILES string of the molecule is O=C(COC(=O)Cc1csc(-c2ccc(C(F)(F)F)cc2)n1)NCC1CCCO1. The van der Waals surface area contributed by atoms with Crippen LogP contribution in [0, 0.1) is 0 Å². The lowest BCUT2D eigenvalue weighted by Gasteiger charge is -2.10. The van der Waals surface area contributed by atoms with E-state index < -0.39 is 23.6 Å². The minimum Gasteiger partial charge on any atom is -0.455 e. The molecule has 0 radical (unpaired) electrons. The van der Waals surface area contributed by atoms with Gasteiger partial charge in [0.15, 0.2) is 6.61 Å². The van der Waals surface area contributed by atoms with E-state index in [1.165, 1.54) is 23.5 Å². The molecule has 1 aromatic carbocycles. The Hall–Kier alpha value is -2.46. The zero-order valence-electron chi connectivity index (χ0n) is 15.3. The molecule has 1 amide bonds. The second-order valence-corrected chi connectivity index (χ2v) is 7.35. The predicted octanol–water partition coefficient (Wildman–Crippen LogP) is 3.21. The van der Waals surface area contributed by atoms with E-state index in [-0.39, 0.29) is 19.1 Å². The largest absolute Gasteiger partial charge is 0.455 e. The lowest BCUT2D eigenvalue weighted by molar-refractivity contribution is -0.148. The number of thiazole rings is 1. The summed E-state index contributed by atoms with van der Waals surface area (Å²) < 4.78 is 48.2. The molecule has 1 unspecified atom stereocenters. The van der Waals surface area contributed by atoms with Crippen LogP contribution in [0.5, 0.6) is 0 Å². The van der Waals surface area contributed by atoms with Gasteiger partial charge in [0.2, 0.25) is 0 Å². The molecule has 1 N–H and O–H groups in total. The number of alkyl halides is 3. The van der Waals surface area contributed by atoms with Crippen LogP contribution in [-0.4, -0.2) is 42.7 Å². The van der Waals surface area contributed by atoms with Crippen molar-refractivity contribution in [1.82, 2.24) is 10.3 Å². The second-order valence-electron chi connectivity index (χ2n) is 6.50. The normalized spacial score (nSPS) is 16.6. The number of aromatic nitrogens is 1. The number of hydrogen-bond donors (Lipinski definition) is 1. The fourth-order valence-electron chi connectivity index (χ4n) is 2.75. The summed E-state index contributed by atoms with van der Waals surface area (Å²) >= 11 is 1.21. The maximum atomic E-state index is 12.6. The van der Waals surface area contributed by atoms with Gasteiger partial charge in [0, 0.05) is 24.1 Å². The fraction of sp³-hybridized carbons (Fsp3) is 0.421. The van der Waals surface area contributed by atoms with Gasteiger partial charge in [-0.2, -0.15) is 13.2 Å². The zero-order valence-corrected chi connectivity index (χ0v) is 16.1. The first-order valence-corrected chi connectivity index (χ1v) is 9.85. The lowest BCUT2D eigenvalue weighted by Crippen LogP contribution is -2.35. The lowest BCUT2D eigenvalue weighted by atomic mass is 10.1. The molecule has 0 aliphatic carbocycles. The molecule has 2 aromatic rings. The number of esters is 1. The molecule has 1 aliphatic rings. The third kappa shape index (κ3) is 6.26. The smallest absolute Gasteiger partial charge is 0.416 e. The van der Waals surface area contributed by atoms with Crippen molar-refractivity contribution in [2.75, 3.05) is 19.8 Å². The van der Waals surface area contributed by atoms with Crippen molar-refractivity contribution in [3.63, 3.8) is 0 Å². The highest BCUT2D eigenvalue weighted by Crippen LogP contribution is 2.31. The van der Waals surface area contributed by atoms with Crippen molar-refractivity contribution < 1.29 is 32.2 Å². The van der Waals surface area contributed by atoms with E-state index in [1.807, 2.05) is 0 Å². The Morgan fingerprint density at radius 3 is 2.69 bits per heavy atom. The van der Waals surface area contributed by atoms with Gasteiger partial charge in [-0.15, -0.1) is 11.3 Å². The molecular weight excluding hydrogens is 409 g/mol. The van der Waals surface area contributed by atoms with Crippen LogP contribution in [0.25, 0.3) is 10.6 Å². The summed E-state index contributed by atoms with van der Waals surface area (Å²) in [6, 6.07) is 4.64. The van der Waals surface area contributed by atoms with Crippen molar-refractivity contribution in [2.24, 2.45) is 0 Å². The average Bonchev–Trinajstić information content (AvgIpc) is 3.36. The Labute approximate surface area is 169 Å². The van der Waals surface area contributed by atoms with Crippen LogP contribution >= 0.6 is 11.3 Å². The summed E-state index contributed by atoms with van der Waals surface area (Å²) in [5.74, 6) is -1.01. The maximum absolute atomic E-state index is 12.6. The number of ether oxygens (including phenoxy) is 2. The number of nitrogens with one attached hydrogen (secondary N) is 1. The molecule has 0 bridgehead atoms. The molecule has 10 heteroatoms. The quantitative estimate of drug-likeness (QED) is 0.686. The second kappa shape index (κ2) is 9.36. The Kier molecular flexibility index (Phi) is 6.86. The monoisotopic (exact) mass is 428 g/mol. The van der Waals surface area contributed by atoms with Crippen LogP contribution in [0.1, 0.15) is 24.1 Å². The van der Waals surface area contributed by atoms with E-state index in [9.17, 15) is 22.8 Å². The van der Waals surface area contributed by atoms with E-state index in [1.54, 1.807) is 5.38 Å². The number of carbonyl (C=O) groups excluding carboxylic acids is 2. The van der Waals surface area contributed by atoms with Gasteiger partial charge >= 0.3 is 12.1 Å². The third-order valence-electron chi connectivity index (χ3n) is 4.25. The van der Waals surface area contributed by atoms with E-state index in [0.717, 1.165) is 25.0 Å². The first-order chi connectivity index (χ1) is 13.8. The molecule has 0 saturated carbocycles. The first-order valence-electron chi connectivity index (χ1n) is 8.97. The molecule has 1 aromatic heterocycles. The Bertz CT molecular complexity index is 846. The van der Waals surface area contributed by atoms with Crippen molar-refractivity contribution in [1.29, 1.82) is 0 Å². The molecule has 156 valence electrons. The Balaban J connectivity index is 1.45. The van der Waals surface area contributed by atoms with Gasteiger partial charge in [-0.1, -0.05) is 12.1 Å². The summed E-state index contributed by atoms with van der Waals surface area (Å²) in [6.45, 7) is 0.692. The number of nitrogens with zero attached hydrogens (tertiary/aromatic N) is 1. The number of hydrogen-bond acceptors (Lipinski definition) is 6. The highest BCUT2D eigenvalue weighted by molar-refractivity contribution is 7.13. The Morgan fingerprint density at radius 1 is 1.28 bits per heavy atom. The molecular formula is C19H19F3N2O4S. The van der Waals surface area contributed by atoms with Crippen LogP contribution in [0.4, 0.5) is 13.2 Å². The van der Waals surface area contributed by atoms with E-state index >= 15 is 0 Å². The molecule has 1 saturated heterocycles. The van der Waals surface area contributed by atoms with E-state index in [0.29, 0.717) is 29.4 Å². The summed E-state index contributed by atoms with van der Waals surface area (Å²) in [5, 5.41) is 4.78. The van der Waals surface area contributed by atoms with Crippen molar-refractivity contribution in [3.05, 3.63) is 40.9 Å². The van der Waals surface area contributed by atoms with Gasteiger partial charge in [-0.3, -0.25) is 9.59 Å². The zero-order chi connectivity index (χ0) is 20.9. The van der Waals surface area contributed by atoms with Gasteiger partial charge in [0.05, 0.1) is 23.8 Å². The number of halogens is 3. The van der Waals surface area contributed by atoms with Crippen LogP contribution < -0.4 is 5.32 Å². The first kappa shape index (κ1) is 21.3. The van der Waals surface area contributed by atoms with Gasteiger partial charge in [-0.05, 0) is 25.0 Å². The van der Waals surface area contributed by atoms with Crippen molar-refractivity contribution in [2.45, 2.75) is 31.5 Å². The van der Waals surface area contributed by atoms with Crippen molar-refractivity contribution >= 4 is 23.2 Å². The minimum absolute atomic E-state index is 0.00766. The molecule has 1 aliphatic heterocycles. The average molecular weight is 428 g/mol. The molecule has 2 heterocycles. The molecule has 1 fully saturated rings. The molecule has 29 heavy (non-hydrogen) atoms. The summed E-state index contributed by atoms with van der Waals surface area (Å²) in [7, 11) is 0. The number of amides is 1. The molecule has 1 atom stereocenters. The van der Waals surface area contributed by atoms with Gasteiger partial charge < -0.3 is 14.8 Å². The van der Waals surface area contributed by atoms with Crippen LogP contribution in [-0.2, 0) is 31.7 Å². The van der Waals surface area contributed by atoms with Crippen LogP contribution in [0.2, 0.25) is 0 Å². The van der Waals surface area contributed by atoms with Crippen molar-refractivity contribution in [3.8, 4) is 10.6 Å². The van der Waals surface area contributed by atoms with E-state index in [2.05, 4.69) is 10.3 Å². The number of carbonyl (C=O) groups is 2. The van der Waals surface area contributed by atoms with Gasteiger partial charge in [0.1, 0.15) is 5.01 Å². The topological polar surface area (TPSA) is 77.5 Å². The highest BCUT2D eigenvalue weighted by atomic mass is 32.1. The molecule has 0 spiro atoms. The molecule has 6 nitrogen and oxygen atoms in total. The summed E-state index contributed by atoms with van der Waals surface area (Å²) in [5.41, 5.74) is 0.213. The minimum atomic E-state index is -4.40. The summed E-state index contributed by atoms with van der Waals surface area (Å²) in [6.07, 6.45) is -2.65. The molecule has 3 rings (SSSR count). The van der Waals surface area contributed by atoms with Crippen LogP contribution in [0.15, 0.2) is 29.6 Å². The third-order valence-corrected chi connectivity index (χ3v) is 5.19. The van der Waals surface area contributed by atoms with Gasteiger partial charge in [0.25, 0.3) is 5.91 Å².